The van der Waals surface area contributed by atoms with Crippen LogP contribution >= 0.6 is 0 Å². The van der Waals surface area contributed by atoms with E-state index in [0.717, 1.165) is 0 Å². The van der Waals surface area contributed by atoms with Gasteiger partial charge in [0.05, 0.1) is 24.7 Å². The molecule has 2 aliphatic rings. The van der Waals surface area contributed by atoms with Gasteiger partial charge >= 0.3 is 5.97 Å². The first-order valence-corrected chi connectivity index (χ1v) is 8.66. The molecule has 1 unspecified atom stereocenters. The zero-order chi connectivity index (χ0) is 16.5. The molecule has 1 aromatic carbocycles. The van der Waals surface area contributed by atoms with Crippen LogP contribution in [0, 0.1) is 0 Å². The zero-order valence-corrected chi connectivity index (χ0v) is 13.1. The largest absolute Gasteiger partial charge is 0.490 e. The molecule has 0 amide bonds. The number of aliphatic carboxylic acids is 1. The summed E-state index contributed by atoms with van der Waals surface area (Å²) in [4.78, 5) is 11.4. The quantitative estimate of drug-likeness (QED) is 0.812. The molecule has 0 bridgehead atoms. The number of sulfonamides is 1. The number of rotatable bonds is 4. The van der Waals surface area contributed by atoms with E-state index >= 15 is 0 Å². The Hall–Kier alpha value is -1.84. The van der Waals surface area contributed by atoms with Crippen molar-refractivity contribution in [2.75, 3.05) is 26.4 Å². The van der Waals surface area contributed by atoms with E-state index in [4.69, 9.17) is 14.2 Å². The number of carbonyl (C=O) groups is 1. The molecule has 0 spiro atoms. The third kappa shape index (κ3) is 3.12. The molecular weight excluding hydrogens is 326 g/mol. The smallest absolute Gasteiger partial charge is 0.327 e. The van der Waals surface area contributed by atoms with Crippen LogP contribution in [0.2, 0.25) is 0 Å². The lowest BCUT2D eigenvalue weighted by Crippen LogP contribution is -2.54. The van der Waals surface area contributed by atoms with E-state index in [9.17, 15) is 18.3 Å². The topological polar surface area (TPSA) is 111 Å². The Kier molecular flexibility index (Phi) is 4.17. The number of benzene rings is 1. The van der Waals surface area contributed by atoms with Crippen molar-refractivity contribution in [1.29, 1.82) is 0 Å². The van der Waals surface area contributed by atoms with Crippen molar-refractivity contribution in [3.8, 4) is 11.5 Å². The van der Waals surface area contributed by atoms with Gasteiger partial charge in [-0.05, 0) is 12.1 Å². The predicted octanol–water partition coefficient (Wildman–Crippen LogP) is 0.370. The molecule has 23 heavy (non-hydrogen) atoms. The van der Waals surface area contributed by atoms with Crippen molar-refractivity contribution >= 4 is 16.0 Å². The predicted molar refractivity (Wildman–Crippen MR) is 78.2 cm³/mol. The number of fused-ring (bicyclic) bond motifs is 1. The summed E-state index contributed by atoms with van der Waals surface area (Å²) in [6, 6.07) is 4.21. The molecule has 8 nitrogen and oxygen atoms in total. The molecule has 3 rings (SSSR count). The lowest BCUT2D eigenvalue weighted by Gasteiger charge is -2.23. The maximum absolute atomic E-state index is 12.5. The third-order valence-electron chi connectivity index (χ3n) is 3.79. The fourth-order valence-corrected chi connectivity index (χ4v) is 3.87. The van der Waals surface area contributed by atoms with Crippen molar-refractivity contribution in [3.05, 3.63) is 18.2 Å². The second kappa shape index (κ2) is 5.99. The van der Waals surface area contributed by atoms with Gasteiger partial charge in [0.1, 0.15) is 0 Å². The summed E-state index contributed by atoms with van der Waals surface area (Å²) in [6.07, 6.45) is 0.778. The van der Waals surface area contributed by atoms with Gasteiger partial charge in [0.2, 0.25) is 10.0 Å². The molecule has 1 fully saturated rings. The summed E-state index contributed by atoms with van der Waals surface area (Å²) in [6.45, 7) is 0.912. The molecule has 0 radical (unpaired) electrons. The summed E-state index contributed by atoms with van der Waals surface area (Å²) >= 11 is 0. The SMILES string of the molecule is O=C(O)C1(NS(=O)(=O)c2ccc3c(c2)OCCCO3)CCOC1. The fraction of sp³-hybridized carbons (Fsp3) is 0.500. The van der Waals surface area contributed by atoms with Gasteiger partial charge in [-0.15, -0.1) is 0 Å². The van der Waals surface area contributed by atoms with Crippen LogP contribution in [-0.4, -0.2) is 51.5 Å². The van der Waals surface area contributed by atoms with Crippen LogP contribution in [0.25, 0.3) is 0 Å². The highest BCUT2D eigenvalue weighted by Crippen LogP contribution is 2.32. The Morgan fingerprint density at radius 2 is 1.91 bits per heavy atom. The number of carboxylic acid groups (broad SMARTS) is 1. The van der Waals surface area contributed by atoms with Crippen LogP contribution in [0.3, 0.4) is 0 Å². The van der Waals surface area contributed by atoms with Crippen LogP contribution in [0.15, 0.2) is 23.1 Å². The van der Waals surface area contributed by atoms with E-state index < -0.39 is 21.5 Å². The van der Waals surface area contributed by atoms with E-state index in [-0.39, 0.29) is 24.5 Å². The van der Waals surface area contributed by atoms with Crippen molar-refractivity contribution in [2.45, 2.75) is 23.3 Å². The summed E-state index contributed by atoms with van der Waals surface area (Å²) in [5, 5.41) is 9.35. The first-order chi connectivity index (χ1) is 10.9. The molecule has 0 aromatic heterocycles. The highest BCUT2D eigenvalue weighted by Gasteiger charge is 2.46. The molecule has 2 heterocycles. The van der Waals surface area contributed by atoms with Gasteiger partial charge in [-0.2, -0.15) is 4.72 Å². The van der Waals surface area contributed by atoms with Gasteiger partial charge in [-0.3, -0.25) is 4.79 Å². The van der Waals surface area contributed by atoms with Crippen molar-refractivity contribution in [2.24, 2.45) is 0 Å². The Morgan fingerprint density at radius 3 is 2.57 bits per heavy atom. The minimum atomic E-state index is -4.04. The van der Waals surface area contributed by atoms with Crippen LogP contribution < -0.4 is 14.2 Å². The molecule has 9 heteroatoms. The molecule has 0 aliphatic carbocycles. The first-order valence-electron chi connectivity index (χ1n) is 7.18. The molecular formula is C14H17NO7S. The van der Waals surface area contributed by atoms with Gasteiger partial charge in [0.25, 0.3) is 0 Å². The van der Waals surface area contributed by atoms with Gasteiger partial charge in [-0.25, -0.2) is 8.42 Å². The molecule has 1 atom stereocenters. The number of nitrogens with one attached hydrogen (secondary N) is 1. The second-order valence-electron chi connectivity index (χ2n) is 5.45. The molecule has 0 saturated carbocycles. The van der Waals surface area contributed by atoms with E-state index in [1.165, 1.54) is 18.2 Å². The van der Waals surface area contributed by atoms with Gasteiger partial charge in [-0.1, -0.05) is 0 Å². The van der Waals surface area contributed by atoms with Crippen LogP contribution in [-0.2, 0) is 19.6 Å². The zero-order valence-electron chi connectivity index (χ0n) is 12.3. The van der Waals surface area contributed by atoms with E-state index in [1.807, 2.05) is 0 Å². The highest BCUT2D eigenvalue weighted by molar-refractivity contribution is 7.89. The molecule has 1 aromatic rings. The van der Waals surface area contributed by atoms with E-state index in [0.29, 0.717) is 31.1 Å². The van der Waals surface area contributed by atoms with Crippen molar-refractivity contribution in [1.82, 2.24) is 4.72 Å². The molecule has 126 valence electrons. The third-order valence-corrected chi connectivity index (χ3v) is 5.32. The van der Waals surface area contributed by atoms with Crippen LogP contribution in [0.1, 0.15) is 12.8 Å². The van der Waals surface area contributed by atoms with Crippen molar-refractivity contribution in [3.63, 3.8) is 0 Å². The normalized spacial score (nSPS) is 24.2. The Bertz CT molecular complexity index is 710. The number of hydrogen-bond donors (Lipinski definition) is 2. The Balaban J connectivity index is 1.90. The maximum Gasteiger partial charge on any atom is 0.327 e. The minimum absolute atomic E-state index is 0.0747. The fourth-order valence-electron chi connectivity index (χ4n) is 2.48. The highest BCUT2D eigenvalue weighted by atomic mass is 32.2. The summed E-state index contributed by atoms with van der Waals surface area (Å²) in [5.41, 5.74) is -1.64. The van der Waals surface area contributed by atoms with Crippen LogP contribution in [0.5, 0.6) is 11.5 Å². The number of carboxylic acids is 1. The monoisotopic (exact) mass is 343 g/mol. The van der Waals surface area contributed by atoms with Crippen molar-refractivity contribution < 1.29 is 32.5 Å². The Labute approximate surface area is 133 Å². The lowest BCUT2D eigenvalue weighted by atomic mass is 10.0. The second-order valence-corrected chi connectivity index (χ2v) is 7.14. The summed E-state index contributed by atoms with van der Waals surface area (Å²) in [7, 11) is -4.04. The minimum Gasteiger partial charge on any atom is -0.490 e. The van der Waals surface area contributed by atoms with Gasteiger partial charge in [0, 0.05) is 25.5 Å². The molecule has 2 aliphatic heterocycles. The molecule has 2 N–H and O–H groups in total. The van der Waals surface area contributed by atoms with E-state index in [1.54, 1.807) is 0 Å². The van der Waals surface area contributed by atoms with Gasteiger partial charge in [0.15, 0.2) is 17.0 Å². The number of ether oxygens (including phenoxy) is 3. The number of hydrogen-bond acceptors (Lipinski definition) is 6. The Morgan fingerprint density at radius 1 is 1.17 bits per heavy atom. The first kappa shape index (κ1) is 16.0. The average Bonchev–Trinajstić information content (AvgIpc) is 2.84. The van der Waals surface area contributed by atoms with Gasteiger partial charge < -0.3 is 19.3 Å². The average molecular weight is 343 g/mol. The van der Waals surface area contributed by atoms with E-state index in [2.05, 4.69) is 4.72 Å². The standard InChI is InChI=1S/C14H17NO7S/c16-13(17)14(4-7-20-9-14)15-23(18,19)10-2-3-11-12(8-10)22-6-1-5-21-11/h2-3,8,15H,1,4-7,9H2,(H,16,17). The molecule has 1 saturated heterocycles. The maximum atomic E-state index is 12.5. The summed E-state index contributed by atoms with van der Waals surface area (Å²) in [5.74, 6) is -0.455. The summed E-state index contributed by atoms with van der Waals surface area (Å²) < 4.78 is 43.3. The van der Waals surface area contributed by atoms with Crippen LogP contribution in [0.4, 0.5) is 0 Å². The lowest BCUT2D eigenvalue weighted by molar-refractivity contribution is -0.144.